The van der Waals surface area contributed by atoms with Gasteiger partial charge in [-0.25, -0.2) is 13.2 Å². The normalized spacial score (nSPS) is 12.1. The molecule has 0 unspecified atom stereocenters. The molecule has 0 aliphatic heterocycles. The second kappa shape index (κ2) is 4.76. The second-order valence-corrected chi connectivity index (χ2v) is 4.81. The third-order valence-corrected chi connectivity index (χ3v) is 3.61. The molecule has 16 heavy (non-hydrogen) atoms. The highest BCUT2D eigenvalue weighted by atomic mass is 32.2. The largest absolute Gasteiger partial charge is 0.477 e. The molecule has 0 bridgehead atoms. The van der Waals surface area contributed by atoms with E-state index in [1.165, 1.54) is 24.3 Å². The van der Waals surface area contributed by atoms with Crippen LogP contribution in [0.3, 0.4) is 0 Å². The summed E-state index contributed by atoms with van der Waals surface area (Å²) in [6, 6.07) is 7.39. The van der Waals surface area contributed by atoms with Crippen LogP contribution in [0.1, 0.15) is 0 Å². The van der Waals surface area contributed by atoms with Crippen molar-refractivity contribution in [3.63, 3.8) is 0 Å². The summed E-state index contributed by atoms with van der Waals surface area (Å²) in [5.41, 5.74) is 0. The Morgan fingerprint density at radius 3 is 2.25 bits per heavy atom. The quantitative estimate of drug-likeness (QED) is 0.639. The lowest BCUT2D eigenvalue weighted by Crippen LogP contribution is -2.13. The maximum atomic E-state index is 11.9. The Balaban J connectivity index is 3.36. The van der Waals surface area contributed by atoms with Crippen molar-refractivity contribution in [2.24, 2.45) is 0 Å². The van der Waals surface area contributed by atoms with Gasteiger partial charge in [-0.15, -0.1) is 0 Å². The van der Waals surface area contributed by atoms with Gasteiger partial charge in [-0.2, -0.15) is 0 Å². The molecule has 0 saturated carbocycles. The Morgan fingerprint density at radius 2 is 1.81 bits per heavy atom. The summed E-state index contributed by atoms with van der Waals surface area (Å²) in [5.74, 6) is -1.50. The highest BCUT2D eigenvalue weighted by molar-refractivity contribution is 7.96. The lowest BCUT2D eigenvalue weighted by atomic mass is 10.4. The molecular weight excluding hydrogens is 228 g/mol. The Kier molecular flexibility index (Phi) is 3.63. The number of carboxylic acid groups (broad SMARTS) is 1. The van der Waals surface area contributed by atoms with Crippen molar-refractivity contribution in [3.05, 3.63) is 54.0 Å². The van der Waals surface area contributed by atoms with Crippen LogP contribution >= 0.6 is 0 Å². The molecule has 0 aliphatic carbocycles. The number of benzene rings is 1. The van der Waals surface area contributed by atoms with Crippen LogP contribution in [0.25, 0.3) is 0 Å². The predicted molar refractivity (Wildman–Crippen MR) is 59.5 cm³/mol. The first-order chi connectivity index (χ1) is 7.50. The number of allylic oxidation sites excluding steroid dienone is 2. The smallest absolute Gasteiger partial charge is 0.347 e. The van der Waals surface area contributed by atoms with E-state index < -0.39 is 20.7 Å². The van der Waals surface area contributed by atoms with Crippen LogP contribution < -0.4 is 0 Å². The molecule has 0 aliphatic rings. The monoisotopic (exact) mass is 238 g/mol. The summed E-state index contributed by atoms with van der Waals surface area (Å²) in [6.45, 7) is 3.29. The van der Waals surface area contributed by atoms with Gasteiger partial charge in [0.1, 0.15) is 0 Å². The van der Waals surface area contributed by atoms with Crippen LogP contribution in [-0.4, -0.2) is 19.5 Å². The molecular formula is C11H10O4S. The molecule has 1 rings (SSSR count). The standard InChI is InChI=1S/C11H10O4S/c1-2-6-10(11(12)13)16(14,15)9-7-4-3-5-8-9/h2-8H,1H2,(H,12,13)/b10-6-. The van der Waals surface area contributed by atoms with Crippen LogP contribution in [0.15, 0.2) is 58.9 Å². The van der Waals surface area contributed by atoms with Gasteiger partial charge in [-0.1, -0.05) is 30.9 Å². The van der Waals surface area contributed by atoms with E-state index in [9.17, 15) is 13.2 Å². The van der Waals surface area contributed by atoms with E-state index in [4.69, 9.17) is 5.11 Å². The summed E-state index contributed by atoms with van der Waals surface area (Å²) < 4.78 is 23.7. The fourth-order valence-electron chi connectivity index (χ4n) is 1.11. The number of carbonyl (C=O) groups is 1. The van der Waals surface area contributed by atoms with Crippen LogP contribution in [0, 0.1) is 0 Å². The highest BCUT2D eigenvalue weighted by Gasteiger charge is 2.25. The van der Waals surface area contributed by atoms with E-state index in [1.54, 1.807) is 6.07 Å². The minimum absolute atomic E-state index is 0.0505. The van der Waals surface area contributed by atoms with E-state index in [0.717, 1.165) is 12.2 Å². The molecule has 0 saturated heterocycles. The van der Waals surface area contributed by atoms with Crippen molar-refractivity contribution in [1.29, 1.82) is 0 Å². The third kappa shape index (κ3) is 2.38. The number of aliphatic carboxylic acids is 1. The zero-order chi connectivity index (χ0) is 12.2. The molecule has 5 heteroatoms. The van der Waals surface area contributed by atoms with Crippen LogP contribution in [-0.2, 0) is 14.6 Å². The minimum atomic E-state index is -3.97. The summed E-state index contributed by atoms with van der Waals surface area (Å²) in [6.07, 6.45) is 2.09. The van der Waals surface area contributed by atoms with E-state index in [1.807, 2.05) is 0 Å². The summed E-state index contributed by atoms with van der Waals surface area (Å²) in [7, 11) is -3.97. The Hall–Kier alpha value is -1.88. The van der Waals surface area contributed by atoms with Gasteiger partial charge in [0.15, 0.2) is 4.91 Å². The van der Waals surface area contributed by atoms with Crippen molar-refractivity contribution >= 4 is 15.8 Å². The summed E-state index contributed by atoms with van der Waals surface area (Å²) in [4.78, 5) is 10.1. The molecule has 1 aromatic carbocycles. The predicted octanol–water partition coefficient (Wildman–Crippen LogP) is 1.61. The fourth-order valence-corrected chi connectivity index (χ4v) is 2.38. The first kappa shape index (κ1) is 12.2. The third-order valence-electron chi connectivity index (χ3n) is 1.82. The van der Waals surface area contributed by atoms with Crippen LogP contribution in [0.5, 0.6) is 0 Å². The molecule has 1 N–H and O–H groups in total. The number of rotatable bonds is 4. The minimum Gasteiger partial charge on any atom is -0.477 e. The maximum Gasteiger partial charge on any atom is 0.347 e. The molecule has 0 fully saturated rings. The van der Waals surface area contributed by atoms with Gasteiger partial charge < -0.3 is 5.11 Å². The Morgan fingerprint density at radius 1 is 1.25 bits per heavy atom. The van der Waals surface area contributed by atoms with Gasteiger partial charge in [0, 0.05) is 0 Å². The van der Waals surface area contributed by atoms with Gasteiger partial charge in [-0.05, 0) is 18.2 Å². The molecule has 4 nitrogen and oxygen atoms in total. The van der Waals surface area contributed by atoms with Gasteiger partial charge in [0.2, 0.25) is 9.84 Å². The SMILES string of the molecule is C=C/C=C(/C(=O)O)S(=O)(=O)c1ccccc1. The molecule has 0 atom stereocenters. The van der Waals surface area contributed by atoms with E-state index in [2.05, 4.69) is 6.58 Å². The van der Waals surface area contributed by atoms with E-state index >= 15 is 0 Å². The lowest BCUT2D eigenvalue weighted by molar-refractivity contribution is -0.131. The van der Waals surface area contributed by atoms with Crippen molar-refractivity contribution in [2.75, 3.05) is 0 Å². The number of carboxylic acids is 1. The summed E-state index contributed by atoms with van der Waals surface area (Å²) >= 11 is 0. The maximum absolute atomic E-state index is 11.9. The second-order valence-electron chi connectivity index (χ2n) is 2.89. The average Bonchev–Trinajstić information content (AvgIpc) is 2.26. The number of sulfone groups is 1. The Bertz CT molecular complexity index is 526. The van der Waals surface area contributed by atoms with Crippen molar-refractivity contribution < 1.29 is 18.3 Å². The molecule has 0 heterocycles. The van der Waals surface area contributed by atoms with E-state index in [-0.39, 0.29) is 4.90 Å². The zero-order valence-corrected chi connectivity index (χ0v) is 9.15. The number of hydrogen-bond acceptors (Lipinski definition) is 3. The van der Waals surface area contributed by atoms with Crippen LogP contribution in [0.2, 0.25) is 0 Å². The van der Waals surface area contributed by atoms with Crippen molar-refractivity contribution in [2.45, 2.75) is 4.90 Å². The first-order valence-electron chi connectivity index (χ1n) is 4.36. The number of hydrogen-bond donors (Lipinski definition) is 1. The highest BCUT2D eigenvalue weighted by Crippen LogP contribution is 2.18. The lowest BCUT2D eigenvalue weighted by Gasteiger charge is -2.03. The van der Waals surface area contributed by atoms with Crippen molar-refractivity contribution in [3.8, 4) is 0 Å². The molecule has 1 aromatic rings. The average molecular weight is 238 g/mol. The zero-order valence-electron chi connectivity index (χ0n) is 8.33. The van der Waals surface area contributed by atoms with Crippen LogP contribution in [0.4, 0.5) is 0 Å². The molecule has 0 radical (unpaired) electrons. The molecule has 0 spiro atoms. The topological polar surface area (TPSA) is 71.4 Å². The van der Waals surface area contributed by atoms with Gasteiger partial charge in [-0.3, -0.25) is 0 Å². The molecule has 84 valence electrons. The molecule has 0 aromatic heterocycles. The fraction of sp³-hybridized carbons (Fsp3) is 0. The van der Waals surface area contributed by atoms with Gasteiger partial charge in [0.25, 0.3) is 0 Å². The molecule has 0 amide bonds. The van der Waals surface area contributed by atoms with Crippen molar-refractivity contribution in [1.82, 2.24) is 0 Å². The first-order valence-corrected chi connectivity index (χ1v) is 5.84. The van der Waals surface area contributed by atoms with E-state index in [0.29, 0.717) is 0 Å². The van der Waals surface area contributed by atoms with Gasteiger partial charge >= 0.3 is 5.97 Å². The van der Waals surface area contributed by atoms with Gasteiger partial charge in [0.05, 0.1) is 4.90 Å². The summed E-state index contributed by atoms with van der Waals surface area (Å²) in [5, 5.41) is 8.81. The Labute approximate surface area is 93.5 Å².